The Kier molecular flexibility index (Phi) is 13.6. The lowest BCUT2D eigenvalue weighted by molar-refractivity contribution is -0.150. The van der Waals surface area contributed by atoms with Crippen molar-refractivity contribution >= 4 is 30.8 Å². The number of aryl methyl sites for hydroxylation is 1. The Balaban J connectivity index is 1.47. The molecule has 6 atom stereocenters. The van der Waals surface area contributed by atoms with Gasteiger partial charge in [0.25, 0.3) is 0 Å². The molecule has 4 rings (SSSR count). The quantitative estimate of drug-likeness (QED) is 0.0838. The van der Waals surface area contributed by atoms with Gasteiger partial charge in [-0.15, -0.1) is 0 Å². The van der Waals surface area contributed by atoms with Gasteiger partial charge in [-0.2, -0.15) is 4.98 Å². The van der Waals surface area contributed by atoms with Crippen LogP contribution in [0.15, 0.2) is 30.6 Å². The molecule has 0 spiro atoms. The molecule has 2 unspecified atom stereocenters. The van der Waals surface area contributed by atoms with Crippen molar-refractivity contribution in [3.8, 4) is 5.88 Å². The van der Waals surface area contributed by atoms with Gasteiger partial charge in [-0.25, -0.2) is 24.0 Å². The number of nitrogens with zero attached hydrogens (tertiary/aromatic N) is 4. The predicted molar refractivity (Wildman–Crippen MR) is 182 cm³/mol. The SMILES string of the molecule is COc1nc(C)nc2c1ncn2[C@@H]1O[C@H](COP(=O)(N[C@@H](CC(C)C)C(=O)OC(C)C)OCCCC(=O)NCc2ccc(F)cc2)C(O)[C@]1(C)O. The van der Waals surface area contributed by atoms with Crippen molar-refractivity contribution in [3.63, 3.8) is 0 Å². The van der Waals surface area contributed by atoms with Crippen molar-refractivity contribution in [3.05, 3.63) is 47.8 Å². The summed E-state index contributed by atoms with van der Waals surface area (Å²) in [6.07, 6.45) is -2.68. The van der Waals surface area contributed by atoms with Crippen molar-refractivity contribution in [1.29, 1.82) is 0 Å². The van der Waals surface area contributed by atoms with Gasteiger partial charge in [0, 0.05) is 13.0 Å². The van der Waals surface area contributed by atoms with Crippen LogP contribution in [0.4, 0.5) is 4.39 Å². The lowest BCUT2D eigenvalue weighted by Gasteiger charge is -2.28. The van der Waals surface area contributed by atoms with Crippen LogP contribution < -0.4 is 15.1 Å². The first-order chi connectivity index (χ1) is 24.0. The highest BCUT2D eigenvalue weighted by Gasteiger charge is 2.54. The number of aromatic nitrogens is 4. The van der Waals surface area contributed by atoms with E-state index < -0.39 is 56.5 Å². The van der Waals surface area contributed by atoms with Gasteiger partial charge < -0.3 is 29.7 Å². The summed E-state index contributed by atoms with van der Waals surface area (Å²) in [4.78, 5) is 38.4. The topological polar surface area (TPSA) is 205 Å². The second kappa shape index (κ2) is 17.3. The number of hydrogen-bond acceptors (Lipinski definition) is 13. The molecule has 0 saturated carbocycles. The normalized spacial score (nSPS) is 22.3. The fourth-order valence-electron chi connectivity index (χ4n) is 5.46. The standard InChI is InChI=1S/C33H48FN6O10P/c1-19(2)15-24(31(43)49-20(3)4)39-51(45,47-14-8-9-26(41)35-16-22-10-12-23(34)13-11-22)48-17-25-28(42)33(6,44)32(50-25)40-18-36-27-29(40)37-21(5)38-30(27)46-7/h10-13,18-20,24-25,28,32,42,44H,8-9,14-17H2,1-7H3,(H,35,41)(H,39,45)/t24-,25+,28?,32+,33-,51?/m0/s1. The molecule has 0 radical (unpaired) electrons. The third-order valence-electron chi connectivity index (χ3n) is 7.98. The van der Waals surface area contributed by atoms with E-state index in [0.29, 0.717) is 11.3 Å². The van der Waals surface area contributed by atoms with Gasteiger partial charge in [-0.05, 0) is 64.2 Å². The molecule has 3 heterocycles. The minimum atomic E-state index is -4.36. The van der Waals surface area contributed by atoms with Crippen molar-refractivity contribution in [2.75, 3.05) is 20.3 Å². The number of aliphatic hydroxyl groups excluding tert-OH is 1. The number of imidazole rings is 1. The Morgan fingerprint density at radius 1 is 1.16 bits per heavy atom. The van der Waals surface area contributed by atoms with Gasteiger partial charge in [0.15, 0.2) is 17.4 Å². The Morgan fingerprint density at radius 2 is 1.86 bits per heavy atom. The highest BCUT2D eigenvalue weighted by atomic mass is 31.2. The van der Waals surface area contributed by atoms with E-state index in [4.69, 9.17) is 23.3 Å². The first-order valence-corrected chi connectivity index (χ1v) is 18.3. The van der Waals surface area contributed by atoms with E-state index in [9.17, 15) is 28.8 Å². The molecule has 1 aliphatic heterocycles. The fourth-order valence-corrected chi connectivity index (χ4v) is 6.99. The number of methoxy groups -OCH3 is 1. The number of hydrogen-bond donors (Lipinski definition) is 4. The number of carbonyl (C=O) groups is 2. The molecular weight excluding hydrogens is 690 g/mol. The van der Waals surface area contributed by atoms with E-state index in [1.54, 1.807) is 32.9 Å². The van der Waals surface area contributed by atoms with Gasteiger partial charge in [0.05, 0.1) is 32.8 Å². The smallest absolute Gasteiger partial charge is 0.406 e. The van der Waals surface area contributed by atoms with Gasteiger partial charge in [-0.3, -0.25) is 23.2 Å². The average molecular weight is 739 g/mol. The van der Waals surface area contributed by atoms with E-state index in [0.717, 1.165) is 5.56 Å². The summed E-state index contributed by atoms with van der Waals surface area (Å²) in [5.74, 6) is -0.784. The summed E-state index contributed by atoms with van der Waals surface area (Å²) >= 11 is 0. The third-order valence-corrected chi connectivity index (χ3v) is 9.62. The van der Waals surface area contributed by atoms with Crippen LogP contribution in [0.3, 0.4) is 0 Å². The Morgan fingerprint density at radius 3 is 2.51 bits per heavy atom. The average Bonchev–Trinajstić information content (AvgIpc) is 3.57. The summed E-state index contributed by atoms with van der Waals surface area (Å²) in [5.41, 5.74) is -0.577. The molecule has 3 aromatic rings. The zero-order valence-corrected chi connectivity index (χ0v) is 30.8. The number of fused-ring (bicyclic) bond motifs is 1. The maximum absolute atomic E-state index is 14.3. The number of halogens is 1. The number of carbonyl (C=O) groups excluding carboxylic acids is 2. The Hall–Kier alpha value is -3.57. The van der Waals surface area contributed by atoms with Gasteiger partial charge in [0.1, 0.15) is 35.5 Å². The monoisotopic (exact) mass is 738 g/mol. The molecule has 16 nitrogen and oxygen atoms in total. The maximum Gasteiger partial charge on any atom is 0.406 e. The number of benzene rings is 1. The molecule has 1 amide bonds. The molecule has 1 fully saturated rings. The molecular formula is C33H48FN6O10P. The fraction of sp³-hybridized carbons (Fsp3) is 0.606. The Labute approximate surface area is 296 Å². The largest absolute Gasteiger partial charge is 0.479 e. The van der Waals surface area contributed by atoms with E-state index in [2.05, 4.69) is 25.4 Å². The first-order valence-electron chi connectivity index (χ1n) is 16.7. The van der Waals surface area contributed by atoms with Gasteiger partial charge in [-0.1, -0.05) is 26.0 Å². The summed E-state index contributed by atoms with van der Waals surface area (Å²) in [5, 5.41) is 28.0. The molecule has 2 aromatic heterocycles. The number of esters is 1. The molecule has 282 valence electrons. The molecule has 51 heavy (non-hydrogen) atoms. The van der Waals surface area contributed by atoms with Crippen LogP contribution in [0.2, 0.25) is 0 Å². The third kappa shape index (κ3) is 10.5. The van der Waals surface area contributed by atoms with Crippen molar-refractivity contribution < 1.29 is 52.0 Å². The van der Waals surface area contributed by atoms with E-state index in [-0.39, 0.29) is 61.6 Å². The van der Waals surface area contributed by atoms with Crippen LogP contribution in [0, 0.1) is 18.7 Å². The van der Waals surface area contributed by atoms with Crippen LogP contribution >= 0.6 is 7.75 Å². The zero-order chi connectivity index (χ0) is 37.5. The highest BCUT2D eigenvalue weighted by molar-refractivity contribution is 7.51. The predicted octanol–water partition coefficient (Wildman–Crippen LogP) is 3.49. The number of amides is 1. The van der Waals surface area contributed by atoms with Gasteiger partial charge >= 0.3 is 13.7 Å². The number of nitrogens with one attached hydrogen (secondary N) is 2. The lowest BCUT2D eigenvalue weighted by Crippen LogP contribution is -2.44. The lowest BCUT2D eigenvalue weighted by atomic mass is 9.96. The summed E-state index contributed by atoms with van der Waals surface area (Å²) in [6, 6.07) is 4.64. The second-order valence-corrected chi connectivity index (χ2v) is 15.0. The molecule has 1 aliphatic rings. The van der Waals surface area contributed by atoms with Crippen LogP contribution in [-0.4, -0.2) is 91.9 Å². The minimum Gasteiger partial charge on any atom is -0.479 e. The zero-order valence-electron chi connectivity index (χ0n) is 29.9. The maximum atomic E-state index is 14.3. The molecule has 18 heteroatoms. The van der Waals surface area contributed by atoms with Crippen molar-refractivity contribution in [2.24, 2.45) is 5.92 Å². The molecule has 0 bridgehead atoms. The van der Waals surface area contributed by atoms with Crippen LogP contribution in [-0.2, 0) is 39.2 Å². The highest BCUT2D eigenvalue weighted by Crippen LogP contribution is 2.47. The molecule has 1 aromatic carbocycles. The first kappa shape index (κ1) is 40.2. The second-order valence-electron chi connectivity index (χ2n) is 13.2. The van der Waals surface area contributed by atoms with Crippen LogP contribution in [0.5, 0.6) is 5.88 Å². The molecule has 1 saturated heterocycles. The van der Waals surface area contributed by atoms with Crippen molar-refractivity contribution in [1.82, 2.24) is 29.9 Å². The van der Waals surface area contributed by atoms with Crippen molar-refractivity contribution in [2.45, 2.75) is 104 Å². The van der Waals surface area contributed by atoms with E-state index in [1.807, 2.05) is 13.8 Å². The molecule has 4 N–H and O–H groups in total. The van der Waals surface area contributed by atoms with Gasteiger partial charge in [0.2, 0.25) is 11.8 Å². The van der Waals surface area contributed by atoms with E-state index in [1.165, 1.54) is 37.1 Å². The number of rotatable bonds is 18. The summed E-state index contributed by atoms with van der Waals surface area (Å²) in [6.45, 7) is 9.61. The Bertz CT molecular complexity index is 1690. The number of aliphatic hydroxyl groups is 2. The number of ether oxygens (including phenoxy) is 3. The summed E-state index contributed by atoms with van der Waals surface area (Å²) < 4.78 is 57.2. The van der Waals surface area contributed by atoms with E-state index >= 15 is 0 Å². The van der Waals surface area contributed by atoms with Crippen LogP contribution in [0.1, 0.15) is 71.5 Å². The summed E-state index contributed by atoms with van der Waals surface area (Å²) in [7, 11) is -2.92. The van der Waals surface area contributed by atoms with Crippen LogP contribution in [0.25, 0.3) is 11.2 Å². The minimum absolute atomic E-state index is 0.00762. The molecule has 0 aliphatic carbocycles.